The van der Waals surface area contributed by atoms with Crippen molar-refractivity contribution < 1.29 is 24.0 Å². The van der Waals surface area contributed by atoms with E-state index in [0.29, 0.717) is 6.42 Å². The molecule has 2 atom stereocenters. The van der Waals surface area contributed by atoms with Crippen LogP contribution < -0.4 is 5.32 Å². The highest BCUT2D eigenvalue weighted by molar-refractivity contribution is 5.75. The summed E-state index contributed by atoms with van der Waals surface area (Å²) in [7, 11) is 1.29. The van der Waals surface area contributed by atoms with Crippen LogP contribution in [0.1, 0.15) is 43.7 Å². The van der Waals surface area contributed by atoms with Crippen LogP contribution in [0.5, 0.6) is 0 Å². The van der Waals surface area contributed by atoms with Crippen molar-refractivity contribution in [2.24, 2.45) is 11.8 Å². The first kappa shape index (κ1) is 25.2. The average molecular weight is 469 g/mol. The lowest BCUT2D eigenvalue weighted by Gasteiger charge is -2.47. The monoisotopic (exact) mass is 468 g/mol. The van der Waals surface area contributed by atoms with Crippen LogP contribution in [0.3, 0.4) is 0 Å². The second kappa shape index (κ2) is 11.6. The van der Waals surface area contributed by atoms with E-state index in [1.807, 2.05) is 67.6 Å². The predicted octanol–water partition coefficient (Wildman–Crippen LogP) is 4.54. The van der Waals surface area contributed by atoms with Gasteiger partial charge in [-0.05, 0) is 36.3 Å². The summed E-state index contributed by atoms with van der Waals surface area (Å²) in [6.45, 7) is 2.06. The summed E-state index contributed by atoms with van der Waals surface area (Å²) in [6.07, 6.45) is 1.31. The van der Waals surface area contributed by atoms with Gasteiger partial charge in [0, 0.05) is 11.3 Å². The Morgan fingerprint density at radius 2 is 1.68 bits per heavy atom. The van der Waals surface area contributed by atoms with Gasteiger partial charge in [-0.25, -0.2) is 4.79 Å². The molecule has 1 amide bonds. The topological polar surface area (TPSA) is 108 Å². The number of alkyl carbamates (subject to hydrolysis) is 1. The first-order chi connectivity index (χ1) is 16.4. The van der Waals surface area contributed by atoms with Gasteiger partial charge in [-0.15, -0.1) is 0 Å². The molecule has 3 rings (SSSR count). The van der Waals surface area contributed by atoms with E-state index in [1.165, 1.54) is 7.11 Å². The number of hydrogen-bond acceptors (Lipinski definition) is 6. The number of esters is 1. The van der Waals surface area contributed by atoms with E-state index in [1.54, 1.807) is 0 Å². The third-order valence-corrected chi connectivity index (χ3v) is 6.71. The summed E-state index contributed by atoms with van der Waals surface area (Å²) in [4.78, 5) is 36.7. The Bertz CT molecular complexity index is 960. The second-order valence-corrected chi connectivity index (χ2v) is 8.97. The van der Waals surface area contributed by atoms with Crippen molar-refractivity contribution in [3.8, 4) is 0 Å². The fraction of sp³-hybridized carbons (Fsp3) is 0.462. The number of carbonyl (C=O) groups is 2. The molecule has 0 aliphatic heterocycles. The van der Waals surface area contributed by atoms with Crippen LogP contribution in [0, 0.1) is 22.0 Å². The number of benzene rings is 2. The molecule has 1 aliphatic carbocycles. The number of ether oxygens (including phenoxy) is 2. The van der Waals surface area contributed by atoms with Gasteiger partial charge in [-0.2, -0.15) is 0 Å². The molecule has 2 aromatic carbocycles. The molecular weight excluding hydrogens is 436 g/mol. The zero-order chi connectivity index (χ0) is 24.6. The summed E-state index contributed by atoms with van der Waals surface area (Å²) in [5, 5.41) is 15.0. The van der Waals surface area contributed by atoms with Gasteiger partial charge in [0.15, 0.2) is 0 Å². The highest BCUT2D eigenvalue weighted by atomic mass is 16.6. The third-order valence-electron chi connectivity index (χ3n) is 6.71. The number of amides is 1. The fourth-order valence-corrected chi connectivity index (χ4v) is 4.74. The molecule has 0 bridgehead atoms. The number of hydrogen-bond donors (Lipinski definition) is 1. The Morgan fingerprint density at radius 3 is 2.21 bits per heavy atom. The second-order valence-electron chi connectivity index (χ2n) is 8.97. The van der Waals surface area contributed by atoms with Gasteiger partial charge in [-0.3, -0.25) is 14.9 Å². The molecule has 8 nitrogen and oxygen atoms in total. The lowest BCUT2D eigenvalue weighted by Crippen LogP contribution is -2.67. The molecule has 0 radical (unpaired) electrons. The molecule has 1 N–H and O–H groups in total. The van der Waals surface area contributed by atoms with E-state index in [2.05, 4.69) is 5.32 Å². The first-order valence-corrected chi connectivity index (χ1v) is 11.6. The molecule has 1 saturated carbocycles. The molecule has 2 aromatic rings. The lowest BCUT2D eigenvalue weighted by atomic mass is 9.62. The molecule has 34 heavy (non-hydrogen) atoms. The molecule has 182 valence electrons. The number of rotatable bonds is 11. The molecule has 2 unspecified atom stereocenters. The zero-order valence-corrected chi connectivity index (χ0v) is 19.6. The summed E-state index contributed by atoms with van der Waals surface area (Å²) < 4.78 is 10.2. The molecule has 0 aromatic heterocycles. The molecule has 1 fully saturated rings. The molecule has 0 saturated heterocycles. The Hall–Kier alpha value is -3.42. The minimum atomic E-state index is -1.17. The van der Waals surface area contributed by atoms with Crippen LogP contribution in [0.4, 0.5) is 4.79 Å². The predicted molar refractivity (Wildman–Crippen MR) is 127 cm³/mol. The van der Waals surface area contributed by atoms with Crippen LogP contribution in [-0.2, 0) is 27.3 Å². The Labute approximate surface area is 199 Å². The van der Waals surface area contributed by atoms with Gasteiger partial charge in [0.2, 0.25) is 6.04 Å². The van der Waals surface area contributed by atoms with Crippen molar-refractivity contribution in [1.29, 1.82) is 0 Å². The highest BCUT2D eigenvalue weighted by Gasteiger charge is 2.59. The number of nitrogens with one attached hydrogen (secondary N) is 1. The van der Waals surface area contributed by atoms with Gasteiger partial charge in [-0.1, -0.05) is 74.0 Å². The van der Waals surface area contributed by atoms with Gasteiger partial charge >= 0.3 is 12.1 Å². The largest absolute Gasteiger partial charge is 0.469 e. The lowest BCUT2D eigenvalue weighted by molar-refractivity contribution is -0.541. The van der Waals surface area contributed by atoms with E-state index in [0.717, 1.165) is 17.5 Å². The molecule has 0 heterocycles. The maximum atomic E-state index is 12.7. The average Bonchev–Trinajstić information content (AvgIpc) is 2.83. The minimum Gasteiger partial charge on any atom is -0.469 e. The van der Waals surface area contributed by atoms with Gasteiger partial charge in [0.1, 0.15) is 12.1 Å². The SMILES string of the molecule is CCC(Cc1ccccc1)CC([N+](=O)[O-])C1(NC(=O)OCc2ccccc2)CC(C(=O)OC)C1. The quantitative estimate of drug-likeness (QED) is 0.295. The number of nitrogens with zero attached hydrogens (tertiary/aromatic N) is 1. The normalized spacial score (nSPS) is 20.9. The highest BCUT2D eigenvalue weighted by Crippen LogP contribution is 2.44. The Kier molecular flexibility index (Phi) is 8.62. The van der Waals surface area contributed by atoms with E-state index < -0.39 is 29.6 Å². The van der Waals surface area contributed by atoms with Crippen LogP contribution in [0.15, 0.2) is 60.7 Å². The van der Waals surface area contributed by atoms with E-state index >= 15 is 0 Å². The number of methoxy groups -OCH3 is 1. The van der Waals surface area contributed by atoms with Crippen molar-refractivity contribution in [3.05, 3.63) is 81.9 Å². The summed E-state index contributed by atoms with van der Waals surface area (Å²) in [5.41, 5.74) is 0.759. The van der Waals surface area contributed by atoms with Crippen LogP contribution in [0.2, 0.25) is 0 Å². The fourth-order valence-electron chi connectivity index (χ4n) is 4.74. The van der Waals surface area contributed by atoms with Crippen molar-refractivity contribution in [1.82, 2.24) is 5.32 Å². The molecule has 1 aliphatic rings. The minimum absolute atomic E-state index is 0.0500. The standard InChI is InChI=1S/C26H32N2O6/c1-3-19(14-20-10-6-4-7-11-20)15-23(28(31)32)26(16-22(17-26)24(29)33-2)27-25(30)34-18-21-12-8-5-9-13-21/h4-13,19,22-23H,3,14-18H2,1-2H3,(H,27,30). The van der Waals surface area contributed by atoms with Crippen molar-refractivity contribution in [3.63, 3.8) is 0 Å². The van der Waals surface area contributed by atoms with Crippen molar-refractivity contribution in [2.45, 2.75) is 57.2 Å². The van der Waals surface area contributed by atoms with Crippen LogP contribution in [0.25, 0.3) is 0 Å². The maximum Gasteiger partial charge on any atom is 0.408 e. The summed E-state index contributed by atoms with van der Waals surface area (Å²) >= 11 is 0. The van der Waals surface area contributed by atoms with E-state index in [4.69, 9.17) is 9.47 Å². The number of carbonyl (C=O) groups excluding carboxylic acids is 2. The smallest absolute Gasteiger partial charge is 0.408 e. The maximum absolute atomic E-state index is 12.7. The number of nitro groups is 1. The Balaban J connectivity index is 1.74. The van der Waals surface area contributed by atoms with Crippen LogP contribution in [-0.4, -0.2) is 35.7 Å². The molecular formula is C26H32N2O6. The summed E-state index contributed by atoms with van der Waals surface area (Å²) in [6, 6.07) is 18.0. The van der Waals surface area contributed by atoms with Gasteiger partial charge in [0.05, 0.1) is 13.0 Å². The van der Waals surface area contributed by atoms with Gasteiger partial charge in [0.25, 0.3) is 0 Å². The molecule has 0 spiro atoms. The van der Waals surface area contributed by atoms with Crippen LogP contribution >= 0.6 is 0 Å². The van der Waals surface area contributed by atoms with Crippen molar-refractivity contribution >= 4 is 12.1 Å². The Morgan fingerprint density at radius 1 is 1.09 bits per heavy atom. The van der Waals surface area contributed by atoms with Gasteiger partial charge < -0.3 is 14.8 Å². The zero-order valence-electron chi connectivity index (χ0n) is 19.6. The molecule has 8 heteroatoms. The van der Waals surface area contributed by atoms with E-state index in [-0.39, 0.29) is 36.7 Å². The summed E-state index contributed by atoms with van der Waals surface area (Å²) in [5.74, 6) is -0.862. The van der Waals surface area contributed by atoms with E-state index in [9.17, 15) is 19.7 Å². The third kappa shape index (κ3) is 6.34. The van der Waals surface area contributed by atoms with Crippen molar-refractivity contribution in [2.75, 3.05) is 7.11 Å². The first-order valence-electron chi connectivity index (χ1n) is 11.6.